The summed E-state index contributed by atoms with van der Waals surface area (Å²) in [6, 6.07) is 1.40. The Balaban J connectivity index is 2.49. The Kier molecular flexibility index (Phi) is 3.60. The molecule has 0 aliphatic carbocycles. The first kappa shape index (κ1) is 13.5. The van der Waals surface area contributed by atoms with Crippen LogP contribution in [0.25, 0.3) is 5.82 Å². The Labute approximate surface area is 113 Å². The average molecular weight is 277 g/mol. The Morgan fingerprint density at radius 3 is 2.55 bits per heavy atom. The lowest BCUT2D eigenvalue weighted by Gasteiger charge is -2.06. The molecule has 0 amide bonds. The van der Waals surface area contributed by atoms with Gasteiger partial charge in [0.05, 0.1) is 26.1 Å². The maximum Gasteiger partial charge on any atom is 0.377 e. The van der Waals surface area contributed by atoms with Gasteiger partial charge in [-0.15, -0.1) is 5.10 Å². The van der Waals surface area contributed by atoms with Crippen molar-refractivity contribution in [2.45, 2.75) is 0 Å². The number of nitrogens with two attached hydrogens (primary N) is 1. The Morgan fingerprint density at radius 1 is 1.20 bits per heavy atom. The molecule has 0 saturated heterocycles. The number of nitrogens with zero attached hydrogens (tertiary/aromatic N) is 4. The molecule has 2 rings (SSSR count). The summed E-state index contributed by atoms with van der Waals surface area (Å²) in [5, 5.41) is 3.88. The SMILES string of the molecule is COC(=O)c1ncn(-c2ncc(N)cc2C(=O)OC)n1. The number of anilines is 1. The molecule has 0 radical (unpaired) electrons. The molecule has 2 N–H and O–H groups in total. The first-order valence-corrected chi connectivity index (χ1v) is 5.41. The largest absolute Gasteiger partial charge is 0.465 e. The molecule has 2 aromatic rings. The normalized spacial score (nSPS) is 10.1. The standard InChI is InChI=1S/C11H11N5O4/c1-19-10(17)7-3-6(12)4-13-9(7)16-5-14-8(15-16)11(18)20-2/h3-5H,12H2,1-2H3. The summed E-state index contributed by atoms with van der Waals surface area (Å²) in [6.45, 7) is 0. The average Bonchev–Trinajstić information content (AvgIpc) is 2.95. The zero-order chi connectivity index (χ0) is 14.7. The second-order valence-corrected chi connectivity index (χ2v) is 3.64. The summed E-state index contributed by atoms with van der Waals surface area (Å²) >= 11 is 0. The molecular weight excluding hydrogens is 266 g/mol. The summed E-state index contributed by atoms with van der Waals surface area (Å²) in [4.78, 5) is 30.7. The van der Waals surface area contributed by atoms with Gasteiger partial charge in [-0.1, -0.05) is 0 Å². The molecule has 20 heavy (non-hydrogen) atoms. The van der Waals surface area contributed by atoms with E-state index in [4.69, 9.17) is 5.73 Å². The van der Waals surface area contributed by atoms with Crippen LogP contribution in [0.1, 0.15) is 21.0 Å². The molecular formula is C11H11N5O4. The van der Waals surface area contributed by atoms with E-state index in [0.717, 1.165) is 4.68 Å². The van der Waals surface area contributed by atoms with Crippen LogP contribution < -0.4 is 5.73 Å². The summed E-state index contributed by atoms with van der Waals surface area (Å²) in [6.07, 6.45) is 2.58. The topological polar surface area (TPSA) is 122 Å². The predicted molar refractivity (Wildman–Crippen MR) is 66.2 cm³/mol. The number of carbonyl (C=O) groups excluding carboxylic acids is 2. The molecule has 0 aromatic carbocycles. The number of hydrogen-bond acceptors (Lipinski definition) is 8. The lowest BCUT2D eigenvalue weighted by Crippen LogP contribution is -2.12. The van der Waals surface area contributed by atoms with E-state index >= 15 is 0 Å². The maximum atomic E-state index is 11.7. The quantitative estimate of drug-likeness (QED) is 0.766. The van der Waals surface area contributed by atoms with E-state index in [-0.39, 0.29) is 17.2 Å². The van der Waals surface area contributed by atoms with Crippen molar-refractivity contribution in [2.24, 2.45) is 0 Å². The lowest BCUT2D eigenvalue weighted by molar-refractivity contribution is 0.0584. The van der Waals surface area contributed by atoms with Crippen LogP contribution in [0.15, 0.2) is 18.6 Å². The summed E-state index contributed by atoms with van der Waals surface area (Å²) in [5.41, 5.74) is 5.98. The van der Waals surface area contributed by atoms with Crippen LogP contribution in [-0.2, 0) is 9.47 Å². The Hall–Kier alpha value is -2.97. The number of pyridine rings is 1. The van der Waals surface area contributed by atoms with Crippen molar-refractivity contribution in [3.05, 3.63) is 30.0 Å². The number of nitrogen functional groups attached to an aromatic ring is 1. The van der Waals surface area contributed by atoms with Crippen molar-refractivity contribution < 1.29 is 19.1 Å². The molecule has 2 heterocycles. The number of carbonyl (C=O) groups is 2. The van der Waals surface area contributed by atoms with Gasteiger partial charge in [0.1, 0.15) is 11.9 Å². The zero-order valence-electron chi connectivity index (χ0n) is 10.7. The van der Waals surface area contributed by atoms with Crippen LogP contribution in [0.5, 0.6) is 0 Å². The molecule has 9 nitrogen and oxygen atoms in total. The summed E-state index contributed by atoms with van der Waals surface area (Å²) in [5.74, 6) is -1.33. The van der Waals surface area contributed by atoms with E-state index in [2.05, 4.69) is 24.5 Å². The zero-order valence-corrected chi connectivity index (χ0v) is 10.7. The van der Waals surface area contributed by atoms with Crippen LogP contribution in [0.4, 0.5) is 5.69 Å². The molecule has 0 bridgehead atoms. The van der Waals surface area contributed by atoms with Crippen LogP contribution in [0.2, 0.25) is 0 Å². The fourth-order valence-electron chi connectivity index (χ4n) is 1.47. The lowest BCUT2D eigenvalue weighted by atomic mass is 10.2. The van der Waals surface area contributed by atoms with Crippen LogP contribution >= 0.6 is 0 Å². The Bertz CT molecular complexity index is 667. The molecule has 0 aliphatic rings. The molecule has 0 unspecified atom stereocenters. The van der Waals surface area contributed by atoms with E-state index in [1.165, 1.54) is 32.8 Å². The second kappa shape index (κ2) is 5.34. The van der Waals surface area contributed by atoms with Crippen molar-refractivity contribution in [1.82, 2.24) is 19.7 Å². The minimum atomic E-state index is -0.696. The first-order valence-electron chi connectivity index (χ1n) is 5.41. The van der Waals surface area contributed by atoms with Gasteiger partial charge in [0.25, 0.3) is 5.82 Å². The van der Waals surface area contributed by atoms with Gasteiger partial charge in [0.15, 0.2) is 5.82 Å². The number of esters is 2. The predicted octanol–water partition coefficient (Wildman–Crippen LogP) is -0.182. The summed E-state index contributed by atoms with van der Waals surface area (Å²) < 4.78 is 10.3. The number of methoxy groups -OCH3 is 2. The van der Waals surface area contributed by atoms with Crippen molar-refractivity contribution in [3.63, 3.8) is 0 Å². The van der Waals surface area contributed by atoms with Crippen molar-refractivity contribution in [1.29, 1.82) is 0 Å². The molecule has 104 valence electrons. The second-order valence-electron chi connectivity index (χ2n) is 3.64. The third-order valence-electron chi connectivity index (χ3n) is 2.37. The fraction of sp³-hybridized carbons (Fsp3) is 0.182. The van der Waals surface area contributed by atoms with Gasteiger partial charge >= 0.3 is 11.9 Å². The van der Waals surface area contributed by atoms with Crippen molar-refractivity contribution >= 4 is 17.6 Å². The van der Waals surface area contributed by atoms with Gasteiger partial charge in [-0.2, -0.15) is 0 Å². The summed E-state index contributed by atoms with van der Waals surface area (Å²) in [7, 11) is 2.45. The highest BCUT2D eigenvalue weighted by atomic mass is 16.5. The minimum Gasteiger partial charge on any atom is -0.465 e. The first-order chi connectivity index (χ1) is 9.56. The highest BCUT2D eigenvalue weighted by Gasteiger charge is 2.18. The highest BCUT2D eigenvalue weighted by Crippen LogP contribution is 2.15. The fourth-order valence-corrected chi connectivity index (χ4v) is 1.47. The number of hydrogen-bond donors (Lipinski definition) is 1. The minimum absolute atomic E-state index is 0.105. The number of ether oxygens (including phenoxy) is 2. The van der Waals surface area contributed by atoms with E-state index in [1.807, 2.05) is 0 Å². The molecule has 2 aromatic heterocycles. The molecule has 0 aliphatic heterocycles. The van der Waals surface area contributed by atoms with Crippen molar-refractivity contribution in [3.8, 4) is 5.82 Å². The third kappa shape index (κ3) is 2.41. The van der Waals surface area contributed by atoms with Crippen LogP contribution in [-0.4, -0.2) is 45.9 Å². The Morgan fingerprint density at radius 2 is 1.90 bits per heavy atom. The van der Waals surface area contributed by atoms with E-state index in [0.29, 0.717) is 5.69 Å². The molecule has 9 heteroatoms. The highest BCUT2D eigenvalue weighted by molar-refractivity contribution is 5.93. The van der Waals surface area contributed by atoms with Gasteiger partial charge in [-0.05, 0) is 6.07 Å². The molecule has 0 spiro atoms. The van der Waals surface area contributed by atoms with Gasteiger partial charge < -0.3 is 15.2 Å². The van der Waals surface area contributed by atoms with E-state index < -0.39 is 11.9 Å². The maximum absolute atomic E-state index is 11.7. The molecule has 0 fully saturated rings. The molecule has 0 atom stereocenters. The van der Waals surface area contributed by atoms with Gasteiger partial charge in [-0.3, -0.25) is 0 Å². The number of rotatable bonds is 3. The monoisotopic (exact) mass is 277 g/mol. The van der Waals surface area contributed by atoms with E-state index in [9.17, 15) is 9.59 Å². The van der Waals surface area contributed by atoms with E-state index in [1.54, 1.807) is 0 Å². The van der Waals surface area contributed by atoms with Gasteiger partial charge in [0, 0.05) is 0 Å². The van der Waals surface area contributed by atoms with Crippen LogP contribution in [0.3, 0.4) is 0 Å². The van der Waals surface area contributed by atoms with Crippen LogP contribution in [0, 0.1) is 0 Å². The van der Waals surface area contributed by atoms with Gasteiger partial charge in [-0.25, -0.2) is 24.2 Å². The van der Waals surface area contributed by atoms with Gasteiger partial charge in [0.2, 0.25) is 0 Å². The van der Waals surface area contributed by atoms with Crippen molar-refractivity contribution in [2.75, 3.05) is 20.0 Å². The molecule has 0 saturated carbocycles. The smallest absolute Gasteiger partial charge is 0.377 e. The third-order valence-corrected chi connectivity index (χ3v) is 2.37. The number of aromatic nitrogens is 4.